The molecule has 5 heteroatoms. The predicted molar refractivity (Wildman–Crippen MR) is 110 cm³/mol. The Labute approximate surface area is 167 Å². The van der Waals surface area contributed by atoms with Gasteiger partial charge in [0.25, 0.3) is 0 Å². The largest absolute Gasteiger partial charge is 0.457 e. The van der Waals surface area contributed by atoms with Gasteiger partial charge >= 0.3 is 5.97 Å². The molecular formula is C23H16ClNO3. The molecule has 0 amide bonds. The van der Waals surface area contributed by atoms with Gasteiger partial charge in [0.15, 0.2) is 5.75 Å². The Bertz CT molecular complexity index is 1180. The van der Waals surface area contributed by atoms with Crippen LogP contribution >= 0.6 is 11.6 Å². The van der Waals surface area contributed by atoms with Crippen LogP contribution in [0.1, 0.15) is 11.5 Å². The summed E-state index contributed by atoms with van der Waals surface area (Å²) in [4.78, 5) is 16.7. The van der Waals surface area contributed by atoms with E-state index in [2.05, 4.69) is 4.98 Å². The van der Waals surface area contributed by atoms with Crippen molar-refractivity contribution in [2.24, 2.45) is 0 Å². The van der Waals surface area contributed by atoms with Gasteiger partial charge in [-0.1, -0.05) is 29.8 Å². The van der Waals surface area contributed by atoms with Gasteiger partial charge in [-0.25, -0.2) is 9.78 Å². The van der Waals surface area contributed by atoms with Crippen LogP contribution < -0.4 is 4.74 Å². The molecule has 2 aromatic carbocycles. The molecule has 0 aliphatic carbocycles. The van der Waals surface area contributed by atoms with Crippen LogP contribution in [0.4, 0.5) is 0 Å². The van der Waals surface area contributed by atoms with Crippen molar-refractivity contribution in [2.75, 3.05) is 0 Å². The highest BCUT2D eigenvalue weighted by molar-refractivity contribution is 6.30. The highest BCUT2D eigenvalue weighted by Crippen LogP contribution is 2.26. The van der Waals surface area contributed by atoms with Crippen LogP contribution in [0.5, 0.6) is 5.75 Å². The lowest BCUT2D eigenvalue weighted by Gasteiger charge is -2.05. The molecule has 0 saturated carbocycles. The minimum atomic E-state index is -0.500. The summed E-state index contributed by atoms with van der Waals surface area (Å²) in [6.45, 7) is 1.90. The van der Waals surface area contributed by atoms with Crippen molar-refractivity contribution in [2.45, 2.75) is 6.92 Å². The summed E-state index contributed by atoms with van der Waals surface area (Å²) in [7, 11) is 0. The van der Waals surface area contributed by atoms with Gasteiger partial charge < -0.3 is 9.15 Å². The number of carbonyl (C=O) groups excluding carboxylic acids is 1. The molecule has 0 bridgehead atoms. The lowest BCUT2D eigenvalue weighted by Crippen LogP contribution is -2.04. The first-order chi connectivity index (χ1) is 13.6. The summed E-state index contributed by atoms with van der Waals surface area (Å²) in [5.41, 5.74) is 2.42. The molecule has 28 heavy (non-hydrogen) atoms. The van der Waals surface area contributed by atoms with Gasteiger partial charge in [0.1, 0.15) is 17.0 Å². The van der Waals surface area contributed by atoms with Gasteiger partial charge in [-0.05, 0) is 61.5 Å². The monoisotopic (exact) mass is 389 g/mol. The van der Waals surface area contributed by atoms with E-state index in [0.29, 0.717) is 27.8 Å². The summed E-state index contributed by atoms with van der Waals surface area (Å²) in [5.74, 6) is 1.17. The molecule has 2 aromatic heterocycles. The smallest absolute Gasteiger partial charge is 0.336 e. The second-order valence-corrected chi connectivity index (χ2v) is 6.68. The summed E-state index contributed by atoms with van der Waals surface area (Å²) in [5, 5.41) is 1.58. The number of esters is 1. The maximum atomic E-state index is 12.2. The topological polar surface area (TPSA) is 52.3 Å². The molecule has 0 saturated heterocycles. The molecule has 0 aliphatic rings. The summed E-state index contributed by atoms with van der Waals surface area (Å²) < 4.78 is 11.2. The second-order valence-electron chi connectivity index (χ2n) is 6.24. The molecule has 0 aliphatic heterocycles. The molecule has 0 radical (unpaired) electrons. The quantitative estimate of drug-likeness (QED) is 0.241. The molecule has 0 spiro atoms. The zero-order valence-corrected chi connectivity index (χ0v) is 15.8. The minimum absolute atomic E-state index is 0.428. The van der Waals surface area contributed by atoms with Gasteiger partial charge in [0.2, 0.25) is 0 Å². The van der Waals surface area contributed by atoms with Gasteiger partial charge in [-0.3, -0.25) is 0 Å². The van der Waals surface area contributed by atoms with Crippen LogP contribution in [0, 0.1) is 6.92 Å². The minimum Gasteiger partial charge on any atom is -0.457 e. The number of fused-ring (bicyclic) bond motifs is 1. The van der Waals surface area contributed by atoms with E-state index in [0.717, 1.165) is 16.6 Å². The van der Waals surface area contributed by atoms with Crippen molar-refractivity contribution in [3.8, 4) is 17.1 Å². The highest BCUT2D eigenvalue weighted by atomic mass is 35.5. The van der Waals surface area contributed by atoms with Gasteiger partial charge in [-0.15, -0.1) is 0 Å². The van der Waals surface area contributed by atoms with E-state index in [9.17, 15) is 4.79 Å². The Hall–Kier alpha value is -3.37. The van der Waals surface area contributed by atoms with Crippen molar-refractivity contribution >= 4 is 34.5 Å². The maximum Gasteiger partial charge on any atom is 0.336 e. The molecule has 4 rings (SSSR count). The zero-order valence-electron chi connectivity index (χ0n) is 15.1. The predicted octanol–water partition coefficient (Wildman–Crippen LogP) is 6.08. The Morgan fingerprint density at radius 2 is 1.86 bits per heavy atom. The number of benzene rings is 2. The van der Waals surface area contributed by atoms with E-state index in [-0.39, 0.29) is 0 Å². The number of nitrogens with zero attached hydrogens (tertiary/aromatic N) is 1. The fourth-order valence-electron chi connectivity index (χ4n) is 2.80. The van der Waals surface area contributed by atoms with Crippen molar-refractivity contribution in [3.05, 3.63) is 89.3 Å². The number of carbonyl (C=O) groups is 1. The molecule has 4 nitrogen and oxygen atoms in total. The van der Waals surface area contributed by atoms with E-state index in [4.69, 9.17) is 20.8 Å². The number of rotatable bonds is 4. The van der Waals surface area contributed by atoms with Crippen molar-refractivity contribution in [1.29, 1.82) is 0 Å². The normalized spacial score (nSPS) is 11.2. The first-order valence-corrected chi connectivity index (χ1v) is 9.08. The Morgan fingerprint density at radius 3 is 2.68 bits per heavy atom. The fraction of sp³-hybridized carbons (Fsp3) is 0.0435. The van der Waals surface area contributed by atoms with E-state index in [1.54, 1.807) is 30.3 Å². The second kappa shape index (κ2) is 7.71. The summed E-state index contributed by atoms with van der Waals surface area (Å²) in [6.07, 6.45) is 2.91. The maximum absolute atomic E-state index is 12.2. The summed E-state index contributed by atoms with van der Waals surface area (Å²) >= 11 is 5.90. The van der Waals surface area contributed by atoms with Crippen LogP contribution in [-0.4, -0.2) is 11.0 Å². The van der Waals surface area contributed by atoms with Crippen LogP contribution in [0.25, 0.3) is 28.3 Å². The van der Waals surface area contributed by atoms with Gasteiger partial charge in [0, 0.05) is 27.7 Å². The number of aromatic nitrogens is 1. The Morgan fingerprint density at radius 1 is 1.04 bits per heavy atom. The number of hydrogen-bond donors (Lipinski definition) is 0. The van der Waals surface area contributed by atoms with Gasteiger partial charge in [0.05, 0.1) is 0 Å². The third-order valence-electron chi connectivity index (χ3n) is 4.17. The third-order valence-corrected chi connectivity index (χ3v) is 4.42. The van der Waals surface area contributed by atoms with Crippen molar-refractivity contribution < 1.29 is 13.9 Å². The average molecular weight is 390 g/mol. The lowest BCUT2D eigenvalue weighted by molar-refractivity contribution is -0.128. The summed E-state index contributed by atoms with van der Waals surface area (Å²) in [6, 6.07) is 20.3. The van der Waals surface area contributed by atoms with Crippen LogP contribution in [-0.2, 0) is 4.79 Å². The zero-order chi connectivity index (χ0) is 19.5. The molecule has 138 valence electrons. The van der Waals surface area contributed by atoms with Crippen molar-refractivity contribution in [3.63, 3.8) is 0 Å². The number of ether oxygens (including phenoxy) is 1. The van der Waals surface area contributed by atoms with Crippen LogP contribution in [0.2, 0.25) is 5.02 Å². The van der Waals surface area contributed by atoms with E-state index < -0.39 is 5.97 Å². The number of halogens is 1. The fourth-order valence-corrected chi connectivity index (χ4v) is 2.93. The number of para-hydroxylation sites is 1. The van der Waals surface area contributed by atoms with E-state index in [1.807, 2.05) is 49.4 Å². The SMILES string of the molecule is Cc1ccc2cccc(OC(=O)/C=C\c3ccc(-c4ccc(Cl)cc4)o3)c2n1. The number of hydrogen-bond acceptors (Lipinski definition) is 4. The molecule has 0 unspecified atom stereocenters. The van der Waals surface area contributed by atoms with Crippen molar-refractivity contribution in [1.82, 2.24) is 4.98 Å². The lowest BCUT2D eigenvalue weighted by atomic mass is 10.2. The standard InChI is InChI=1S/C23H16ClNO3/c1-15-5-6-17-3-2-4-21(23(17)25-15)28-22(26)14-12-19-11-13-20(27-19)16-7-9-18(24)10-8-16/h2-14H,1H3/b14-12-. The van der Waals surface area contributed by atoms with Crippen LogP contribution in [0.15, 0.2) is 77.2 Å². The molecule has 0 fully saturated rings. The average Bonchev–Trinajstić information content (AvgIpc) is 3.16. The number of pyridine rings is 1. The number of furan rings is 1. The first-order valence-electron chi connectivity index (χ1n) is 8.70. The molecule has 2 heterocycles. The number of aryl methyl sites for hydroxylation is 1. The highest BCUT2D eigenvalue weighted by Gasteiger charge is 2.08. The van der Waals surface area contributed by atoms with Crippen LogP contribution in [0.3, 0.4) is 0 Å². The first kappa shape index (κ1) is 18.0. The van der Waals surface area contributed by atoms with Gasteiger partial charge in [-0.2, -0.15) is 0 Å². The third kappa shape index (κ3) is 3.97. The molecule has 0 atom stereocenters. The molecular weight excluding hydrogens is 374 g/mol. The van der Waals surface area contributed by atoms with E-state index >= 15 is 0 Å². The molecule has 4 aromatic rings. The Kier molecular flexibility index (Phi) is 4.96. The Balaban J connectivity index is 1.49. The molecule has 0 N–H and O–H groups in total. The van der Waals surface area contributed by atoms with E-state index in [1.165, 1.54) is 6.08 Å².